The molecule has 74 valence electrons. The average molecular weight is 192 g/mol. The highest BCUT2D eigenvalue weighted by Crippen LogP contribution is 2.12. The van der Waals surface area contributed by atoms with Crippen molar-refractivity contribution in [1.82, 2.24) is 10.3 Å². The molecule has 1 aliphatic rings. The maximum atomic E-state index is 11.4. The van der Waals surface area contributed by atoms with Gasteiger partial charge in [-0.15, -0.1) is 0 Å². The lowest BCUT2D eigenvalue weighted by molar-refractivity contribution is 0.0944. The number of hydrogen-bond donors (Lipinski definition) is 1. The molecule has 0 unspecified atom stereocenters. The van der Waals surface area contributed by atoms with Crippen LogP contribution in [0.25, 0.3) is 0 Å². The van der Waals surface area contributed by atoms with Gasteiger partial charge < -0.3 is 10.1 Å². The van der Waals surface area contributed by atoms with Gasteiger partial charge >= 0.3 is 0 Å². The summed E-state index contributed by atoms with van der Waals surface area (Å²) in [6, 6.07) is 3.64. The zero-order valence-electron chi connectivity index (χ0n) is 8.04. The number of methoxy groups -OCH3 is 1. The lowest BCUT2D eigenvalue weighted by Crippen LogP contribution is -2.32. The minimum atomic E-state index is -0.0253. The number of pyridine rings is 1. The van der Waals surface area contributed by atoms with E-state index < -0.39 is 0 Å². The summed E-state index contributed by atoms with van der Waals surface area (Å²) < 4.78 is 4.98. The maximum absolute atomic E-state index is 11.4. The summed E-state index contributed by atoms with van der Waals surface area (Å²) in [6.45, 7) is 1.17. The molecule has 0 saturated carbocycles. The van der Waals surface area contributed by atoms with E-state index in [1.807, 2.05) is 12.1 Å². The summed E-state index contributed by atoms with van der Waals surface area (Å²) in [5, 5.41) is 2.78. The smallest absolute Gasteiger partial charge is 0.253 e. The van der Waals surface area contributed by atoms with Crippen LogP contribution in [0.3, 0.4) is 0 Å². The Labute approximate surface area is 82.3 Å². The molecule has 0 aromatic carbocycles. The summed E-state index contributed by atoms with van der Waals surface area (Å²) in [5.41, 5.74) is 2.44. The molecule has 0 bridgehead atoms. The molecule has 0 fully saturated rings. The summed E-state index contributed by atoms with van der Waals surface area (Å²) in [5.74, 6) is -0.0253. The molecular weight excluding hydrogens is 180 g/mol. The number of nitrogens with zero attached hydrogens (tertiary/aromatic N) is 1. The van der Waals surface area contributed by atoms with Gasteiger partial charge in [0.05, 0.1) is 23.6 Å². The van der Waals surface area contributed by atoms with E-state index in [0.717, 1.165) is 17.8 Å². The van der Waals surface area contributed by atoms with E-state index in [0.29, 0.717) is 18.7 Å². The largest absolute Gasteiger partial charge is 0.378 e. The molecule has 1 N–H and O–H groups in total. The van der Waals surface area contributed by atoms with Crippen molar-refractivity contribution in [2.75, 3.05) is 13.7 Å². The van der Waals surface area contributed by atoms with Crippen LogP contribution < -0.4 is 5.32 Å². The second kappa shape index (κ2) is 3.75. The average Bonchev–Trinajstić information content (AvgIpc) is 2.18. The van der Waals surface area contributed by atoms with Crippen molar-refractivity contribution < 1.29 is 9.53 Å². The molecule has 0 saturated heterocycles. The molecule has 0 atom stereocenters. The maximum Gasteiger partial charge on any atom is 0.253 e. The quantitative estimate of drug-likeness (QED) is 0.743. The number of hydrogen-bond acceptors (Lipinski definition) is 3. The molecular formula is C10H12N2O2. The van der Waals surface area contributed by atoms with Crippen LogP contribution >= 0.6 is 0 Å². The first-order valence-electron chi connectivity index (χ1n) is 4.57. The highest BCUT2D eigenvalue weighted by atomic mass is 16.5. The fraction of sp³-hybridized carbons (Fsp3) is 0.400. The van der Waals surface area contributed by atoms with E-state index in [4.69, 9.17) is 4.74 Å². The van der Waals surface area contributed by atoms with Crippen LogP contribution in [-0.2, 0) is 17.8 Å². The Kier molecular flexibility index (Phi) is 2.45. The van der Waals surface area contributed by atoms with Crippen molar-refractivity contribution in [2.24, 2.45) is 0 Å². The molecule has 0 radical (unpaired) electrons. The minimum Gasteiger partial charge on any atom is -0.378 e. The summed E-state index contributed by atoms with van der Waals surface area (Å²) in [7, 11) is 1.63. The molecule has 1 aromatic heterocycles. The molecule has 2 rings (SSSR count). The summed E-state index contributed by atoms with van der Waals surface area (Å²) >= 11 is 0. The lowest BCUT2D eigenvalue weighted by Gasteiger charge is -2.15. The molecule has 2 heterocycles. The number of aromatic nitrogens is 1. The normalized spacial score (nSPS) is 14.8. The summed E-state index contributed by atoms with van der Waals surface area (Å²) in [6.07, 6.45) is 0.804. The Morgan fingerprint density at radius 1 is 1.57 bits per heavy atom. The van der Waals surface area contributed by atoms with Gasteiger partial charge in [-0.25, -0.2) is 0 Å². The van der Waals surface area contributed by atoms with Gasteiger partial charge in [-0.3, -0.25) is 9.78 Å². The van der Waals surface area contributed by atoms with Crippen molar-refractivity contribution in [3.05, 3.63) is 29.1 Å². The van der Waals surface area contributed by atoms with Crippen LogP contribution in [0.1, 0.15) is 21.7 Å². The van der Waals surface area contributed by atoms with Crippen molar-refractivity contribution in [3.8, 4) is 0 Å². The van der Waals surface area contributed by atoms with E-state index >= 15 is 0 Å². The van der Waals surface area contributed by atoms with Gasteiger partial charge in [-0.05, 0) is 12.1 Å². The Hall–Kier alpha value is -1.42. The minimum absolute atomic E-state index is 0.0253. The van der Waals surface area contributed by atoms with Gasteiger partial charge in [0.25, 0.3) is 5.91 Å². The zero-order valence-corrected chi connectivity index (χ0v) is 8.04. The molecule has 1 aliphatic heterocycles. The molecule has 1 aromatic rings. The van der Waals surface area contributed by atoms with Crippen LogP contribution in [0.5, 0.6) is 0 Å². The third-order valence-corrected chi connectivity index (χ3v) is 2.22. The van der Waals surface area contributed by atoms with Crippen LogP contribution in [0.4, 0.5) is 0 Å². The third-order valence-electron chi connectivity index (χ3n) is 2.22. The number of ether oxygens (including phenoxy) is 1. The number of fused-ring (bicyclic) bond motifs is 1. The van der Waals surface area contributed by atoms with Crippen LogP contribution in [0.15, 0.2) is 12.1 Å². The lowest BCUT2D eigenvalue weighted by atomic mass is 10.1. The van der Waals surface area contributed by atoms with Gasteiger partial charge in [0, 0.05) is 20.1 Å². The monoisotopic (exact) mass is 192 g/mol. The van der Waals surface area contributed by atoms with Crippen LogP contribution in [0, 0.1) is 0 Å². The Bertz CT molecular complexity index is 363. The number of carbonyl (C=O) groups is 1. The van der Waals surface area contributed by atoms with Crippen molar-refractivity contribution in [3.63, 3.8) is 0 Å². The molecule has 14 heavy (non-hydrogen) atoms. The Morgan fingerprint density at radius 2 is 2.43 bits per heavy atom. The van der Waals surface area contributed by atoms with E-state index in [2.05, 4.69) is 10.3 Å². The first-order valence-corrected chi connectivity index (χ1v) is 4.57. The SMILES string of the molecule is COCc1ccc2c(n1)CCNC2=O. The first-order chi connectivity index (χ1) is 6.81. The first kappa shape index (κ1) is 9.15. The summed E-state index contributed by atoms with van der Waals surface area (Å²) in [4.78, 5) is 15.7. The van der Waals surface area contributed by atoms with Gasteiger partial charge in [-0.1, -0.05) is 0 Å². The van der Waals surface area contributed by atoms with E-state index in [9.17, 15) is 4.79 Å². The van der Waals surface area contributed by atoms with Gasteiger partial charge in [-0.2, -0.15) is 0 Å². The number of rotatable bonds is 2. The second-order valence-corrected chi connectivity index (χ2v) is 3.24. The fourth-order valence-electron chi connectivity index (χ4n) is 1.56. The molecule has 1 amide bonds. The standard InChI is InChI=1S/C10H12N2O2/c1-14-6-7-2-3-8-9(12-7)4-5-11-10(8)13/h2-3H,4-6H2,1H3,(H,11,13). The number of carbonyl (C=O) groups excluding carboxylic acids is 1. The fourth-order valence-corrected chi connectivity index (χ4v) is 1.56. The van der Waals surface area contributed by atoms with Gasteiger partial charge in [0.15, 0.2) is 0 Å². The van der Waals surface area contributed by atoms with Crippen LogP contribution in [0.2, 0.25) is 0 Å². The van der Waals surface area contributed by atoms with Crippen molar-refractivity contribution in [2.45, 2.75) is 13.0 Å². The number of amides is 1. The molecule has 4 nitrogen and oxygen atoms in total. The third kappa shape index (κ3) is 1.61. The van der Waals surface area contributed by atoms with Gasteiger partial charge in [0.2, 0.25) is 0 Å². The Morgan fingerprint density at radius 3 is 3.21 bits per heavy atom. The zero-order chi connectivity index (χ0) is 9.97. The topological polar surface area (TPSA) is 51.2 Å². The Balaban J connectivity index is 2.34. The number of nitrogens with one attached hydrogen (secondary N) is 1. The van der Waals surface area contributed by atoms with E-state index in [1.165, 1.54) is 0 Å². The van der Waals surface area contributed by atoms with Crippen molar-refractivity contribution in [1.29, 1.82) is 0 Å². The molecule has 4 heteroatoms. The highest BCUT2D eigenvalue weighted by molar-refractivity contribution is 5.96. The van der Waals surface area contributed by atoms with E-state index in [-0.39, 0.29) is 5.91 Å². The van der Waals surface area contributed by atoms with Crippen LogP contribution in [-0.4, -0.2) is 24.5 Å². The predicted octanol–water partition coefficient (Wildman–Crippen LogP) is 0.514. The predicted molar refractivity (Wildman–Crippen MR) is 51.0 cm³/mol. The van der Waals surface area contributed by atoms with Gasteiger partial charge in [0.1, 0.15) is 0 Å². The van der Waals surface area contributed by atoms with Crippen molar-refractivity contribution >= 4 is 5.91 Å². The van der Waals surface area contributed by atoms with E-state index in [1.54, 1.807) is 7.11 Å². The highest BCUT2D eigenvalue weighted by Gasteiger charge is 2.17. The molecule has 0 spiro atoms. The molecule has 0 aliphatic carbocycles. The second-order valence-electron chi connectivity index (χ2n) is 3.24.